The summed E-state index contributed by atoms with van der Waals surface area (Å²) in [6.45, 7) is 5.22. The van der Waals surface area contributed by atoms with Crippen LogP contribution >= 0.6 is 0 Å². The van der Waals surface area contributed by atoms with E-state index in [9.17, 15) is 5.11 Å². The van der Waals surface area contributed by atoms with Crippen molar-refractivity contribution in [3.05, 3.63) is 0 Å². The molecular formula is C7H16O3. The van der Waals surface area contributed by atoms with Gasteiger partial charge in [0.2, 0.25) is 0 Å². The van der Waals surface area contributed by atoms with Crippen molar-refractivity contribution in [1.29, 1.82) is 0 Å². The Balaban J connectivity index is 3.46. The first kappa shape index (κ1) is 9.88. The normalized spacial score (nSPS) is 17.4. The standard InChI is InChI=1S/C7H16O3/c1-6(2)10-5-7(3,9)4-8/h6,8-9H,4-5H2,1-3H3. The summed E-state index contributed by atoms with van der Waals surface area (Å²) >= 11 is 0. The molecule has 0 saturated carbocycles. The van der Waals surface area contributed by atoms with Crippen molar-refractivity contribution in [1.82, 2.24) is 0 Å². The maximum absolute atomic E-state index is 9.20. The summed E-state index contributed by atoms with van der Waals surface area (Å²) in [5, 5.41) is 17.8. The van der Waals surface area contributed by atoms with Gasteiger partial charge in [-0.25, -0.2) is 0 Å². The molecular weight excluding hydrogens is 132 g/mol. The molecule has 2 N–H and O–H groups in total. The third-order valence-electron chi connectivity index (χ3n) is 1.07. The van der Waals surface area contributed by atoms with E-state index in [1.165, 1.54) is 6.92 Å². The molecule has 0 bridgehead atoms. The number of rotatable bonds is 4. The molecule has 0 amide bonds. The third-order valence-corrected chi connectivity index (χ3v) is 1.07. The summed E-state index contributed by atoms with van der Waals surface area (Å²) in [6.07, 6.45) is 0.0954. The van der Waals surface area contributed by atoms with Gasteiger partial charge < -0.3 is 14.9 Å². The highest BCUT2D eigenvalue weighted by molar-refractivity contribution is 4.69. The monoisotopic (exact) mass is 148 g/mol. The summed E-state index contributed by atoms with van der Waals surface area (Å²) in [7, 11) is 0. The lowest BCUT2D eigenvalue weighted by molar-refractivity contribution is -0.0797. The lowest BCUT2D eigenvalue weighted by Gasteiger charge is -2.21. The second-order valence-corrected chi connectivity index (χ2v) is 3.01. The Bertz CT molecular complexity index is 88.9. The van der Waals surface area contributed by atoms with Gasteiger partial charge >= 0.3 is 0 Å². The summed E-state index contributed by atoms with van der Waals surface area (Å²) in [5.74, 6) is 0. The molecule has 0 aromatic rings. The van der Waals surface area contributed by atoms with Crippen molar-refractivity contribution in [3.63, 3.8) is 0 Å². The zero-order chi connectivity index (χ0) is 8.20. The molecule has 62 valence electrons. The van der Waals surface area contributed by atoms with Gasteiger partial charge in [0.25, 0.3) is 0 Å². The third kappa shape index (κ3) is 4.73. The molecule has 10 heavy (non-hydrogen) atoms. The van der Waals surface area contributed by atoms with Gasteiger partial charge in [-0.05, 0) is 20.8 Å². The van der Waals surface area contributed by atoms with Crippen molar-refractivity contribution >= 4 is 0 Å². The van der Waals surface area contributed by atoms with Crippen molar-refractivity contribution in [3.8, 4) is 0 Å². The van der Waals surface area contributed by atoms with E-state index in [4.69, 9.17) is 9.84 Å². The van der Waals surface area contributed by atoms with Crippen LogP contribution in [0.15, 0.2) is 0 Å². The molecule has 1 atom stereocenters. The van der Waals surface area contributed by atoms with Crippen LogP contribution in [-0.2, 0) is 4.74 Å². The Morgan fingerprint density at radius 1 is 1.50 bits per heavy atom. The Hall–Kier alpha value is -0.120. The highest BCUT2D eigenvalue weighted by Crippen LogP contribution is 2.03. The second kappa shape index (κ2) is 3.91. The lowest BCUT2D eigenvalue weighted by Crippen LogP contribution is -2.35. The van der Waals surface area contributed by atoms with E-state index < -0.39 is 5.60 Å². The van der Waals surface area contributed by atoms with E-state index >= 15 is 0 Å². The fourth-order valence-electron chi connectivity index (χ4n) is 0.392. The van der Waals surface area contributed by atoms with E-state index in [2.05, 4.69) is 0 Å². The Kier molecular flexibility index (Phi) is 3.86. The first-order chi connectivity index (χ1) is 4.48. The molecule has 3 nitrogen and oxygen atoms in total. The minimum absolute atomic E-state index is 0.0954. The molecule has 0 heterocycles. The van der Waals surface area contributed by atoms with Crippen molar-refractivity contribution < 1.29 is 14.9 Å². The average Bonchev–Trinajstić information content (AvgIpc) is 1.85. The number of hydrogen-bond acceptors (Lipinski definition) is 3. The van der Waals surface area contributed by atoms with E-state index in [1.54, 1.807) is 0 Å². The van der Waals surface area contributed by atoms with Gasteiger partial charge in [0.05, 0.1) is 19.3 Å². The van der Waals surface area contributed by atoms with Gasteiger partial charge in [0.1, 0.15) is 5.60 Å². The molecule has 0 aliphatic carbocycles. The van der Waals surface area contributed by atoms with Gasteiger partial charge in [-0.2, -0.15) is 0 Å². The quantitative estimate of drug-likeness (QED) is 0.597. The first-order valence-corrected chi connectivity index (χ1v) is 3.43. The molecule has 0 saturated heterocycles. The van der Waals surface area contributed by atoms with Crippen molar-refractivity contribution in [2.45, 2.75) is 32.5 Å². The van der Waals surface area contributed by atoms with Gasteiger partial charge in [0, 0.05) is 0 Å². The summed E-state index contributed by atoms with van der Waals surface area (Å²) in [6, 6.07) is 0. The summed E-state index contributed by atoms with van der Waals surface area (Å²) < 4.78 is 5.09. The van der Waals surface area contributed by atoms with Crippen molar-refractivity contribution in [2.24, 2.45) is 0 Å². The Labute approximate surface area is 61.6 Å². The van der Waals surface area contributed by atoms with Crippen LogP contribution in [0.1, 0.15) is 20.8 Å². The van der Waals surface area contributed by atoms with Gasteiger partial charge in [-0.1, -0.05) is 0 Å². The number of hydrogen-bond donors (Lipinski definition) is 2. The van der Waals surface area contributed by atoms with Crippen LogP contribution in [0.4, 0.5) is 0 Å². The smallest absolute Gasteiger partial charge is 0.108 e. The van der Waals surface area contributed by atoms with Crippen LogP contribution in [0, 0.1) is 0 Å². The number of aliphatic hydroxyl groups is 2. The molecule has 1 unspecified atom stereocenters. The van der Waals surface area contributed by atoms with E-state index in [0.29, 0.717) is 0 Å². The van der Waals surface area contributed by atoms with Crippen LogP contribution in [0.3, 0.4) is 0 Å². The van der Waals surface area contributed by atoms with Gasteiger partial charge in [-0.15, -0.1) is 0 Å². The molecule has 0 aromatic carbocycles. The van der Waals surface area contributed by atoms with Crippen LogP contribution < -0.4 is 0 Å². The lowest BCUT2D eigenvalue weighted by atomic mass is 10.1. The highest BCUT2D eigenvalue weighted by Gasteiger charge is 2.19. The fourth-order valence-corrected chi connectivity index (χ4v) is 0.392. The van der Waals surface area contributed by atoms with Crippen LogP contribution in [0.25, 0.3) is 0 Å². The zero-order valence-corrected chi connectivity index (χ0v) is 6.79. The molecule has 0 radical (unpaired) electrons. The molecule has 0 rings (SSSR count). The molecule has 0 aliphatic heterocycles. The van der Waals surface area contributed by atoms with Crippen molar-refractivity contribution in [2.75, 3.05) is 13.2 Å². The molecule has 0 spiro atoms. The summed E-state index contributed by atoms with van der Waals surface area (Å²) in [4.78, 5) is 0. The van der Waals surface area contributed by atoms with E-state index in [1.807, 2.05) is 13.8 Å². The van der Waals surface area contributed by atoms with E-state index in [-0.39, 0.29) is 19.3 Å². The second-order valence-electron chi connectivity index (χ2n) is 3.01. The minimum atomic E-state index is -1.09. The van der Waals surface area contributed by atoms with Gasteiger partial charge in [0.15, 0.2) is 0 Å². The fraction of sp³-hybridized carbons (Fsp3) is 1.00. The zero-order valence-electron chi connectivity index (χ0n) is 6.79. The Morgan fingerprint density at radius 2 is 2.00 bits per heavy atom. The highest BCUT2D eigenvalue weighted by atomic mass is 16.5. The number of aliphatic hydroxyl groups excluding tert-OH is 1. The average molecular weight is 148 g/mol. The molecule has 0 aromatic heterocycles. The molecule has 0 fully saturated rings. The van der Waals surface area contributed by atoms with Crippen LogP contribution in [0.5, 0.6) is 0 Å². The predicted octanol–water partition coefficient (Wildman–Crippen LogP) is 0.155. The first-order valence-electron chi connectivity index (χ1n) is 3.43. The Morgan fingerprint density at radius 3 is 2.30 bits per heavy atom. The molecule has 3 heteroatoms. The minimum Gasteiger partial charge on any atom is -0.393 e. The maximum atomic E-state index is 9.20. The summed E-state index contributed by atoms with van der Waals surface area (Å²) in [5.41, 5.74) is -1.09. The van der Waals surface area contributed by atoms with Gasteiger partial charge in [-0.3, -0.25) is 0 Å². The number of ether oxygens (including phenoxy) is 1. The molecule has 0 aliphatic rings. The largest absolute Gasteiger partial charge is 0.393 e. The SMILES string of the molecule is CC(C)OCC(C)(O)CO. The topological polar surface area (TPSA) is 49.7 Å². The van der Waals surface area contributed by atoms with Crippen LogP contribution in [0.2, 0.25) is 0 Å². The van der Waals surface area contributed by atoms with E-state index in [0.717, 1.165) is 0 Å². The van der Waals surface area contributed by atoms with Crippen LogP contribution in [-0.4, -0.2) is 35.1 Å². The maximum Gasteiger partial charge on any atom is 0.108 e. The predicted molar refractivity (Wildman–Crippen MR) is 38.8 cm³/mol.